The van der Waals surface area contributed by atoms with Crippen molar-refractivity contribution in [1.82, 2.24) is 0 Å². The van der Waals surface area contributed by atoms with E-state index in [-0.39, 0.29) is 0 Å². The summed E-state index contributed by atoms with van der Waals surface area (Å²) in [6, 6.07) is 0. The summed E-state index contributed by atoms with van der Waals surface area (Å²) in [6.07, 6.45) is 10.2. The molecule has 0 atom stereocenters. The average molecular weight is 199 g/mol. The lowest BCUT2D eigenvalue weighted by molar-refractivity contribution is 0.880. The molecule has 0 heterocycles. The predicted octanol–water partition coefficient (Wildman–Crippen LogP) is 4.82. The molecule has 0 unspecified atom stereocenters. The van der Waals surface area contributed by atoms with Crippen LogP contribution < -0.4 is 0 Å². The summed E-state index contributed by atoms with van der Waals surface area (Å²) in [5, 5.41) is 0.915. The van der Waals surface area contributed by atoms with E-state index in [1.165, 1.54) is 12.0 Å². The Labute approximate surface area is 87.0 Å². The molecule has 0 rings (SSSR count). The molecule has 0 aromatic rings. The molecule has 0 radical (unpaired) electrons. The number of hydrogen-bond acceptors (Lipinski definition) is 0. The van der Waals surface area contributed by atoms with Gasteiger partial charge in [-0.2, -0.15) is 0 Å². The summed E-state index contributed by atoms with van der Waals surface area (Å²) in [4.78, 5) is 0. The molecule has 0 saturated heterocycles. The van der Waals surface area contributed by atoms with E-state index in [1.807, 2.05) is 12.2 Å². The van der Waals surface area contributed by atoms with E-state index >= 15 is 0 Å². The Morgan fingerprint density at radius 3 is 2.46 bits per heavy atom. The monoisotopic (exact) mass is 198 g/mol. The van der Waals surface area contributed by atoms with Gasteiger partial charge in [0.05, 0.1) is 0 Å². The van der Waals surface area contributed by atoms with Gasteiger partial charge >= 0.3 is 0 Å². The van der Waals surface area contributed by atoms with Crippen molar-refractivity contribution >= 4 is 11.6 Å². The Morgan fingerprint density at radius 1 is 1.31 bits per heavy atom. The summed E-state index contributed by atoms with van der Waals surface area (Å²) in [5.41, 5.74) is 1.41. The molecule has 0 nitrogen and oxygen atoms in total. The standard InChI is InChI=1S/C12H19Cl/c1-4-7-11(8-5-2)9-10-12(13)6-3/h4,9-10H,1,5-8H2,2-3H3/b11-9+,12-10+. The minimum absolute atomic E-state index is 0.908. The Balaban J connectivity index is 4.24. The molecular weight excluding hydrogens is 180 g/mol. The lowest BCUT2D eigenvalue weighted by atomic mass is 10.1. The van der Waals surface area contributed by atoms with Crippen molar-refractivity contribution in [1.29, 1.82) is 0 Å². The van der Waals surface area contributed by atoms with Crippen LogP contribution >= 0.6 is 11.6 Å². The second-order valence-electron chi connectivity index (χ2n) is 3.03. The molecular formula is C12H19Cl. The highest BCUT2D eigenvalue weighted by Crippen LogP contribution is 2.13. The summed E-state index contributed by atoms with van der Waals surface area (Å²) >= 11 is 5.90. The molecule has 0 saturated carbocycles. The summed E-state index contributed by atoms with van der Waals surface area (Å²) < 4.78 is 0. The second-order valence-corrected chi connectivity index (χ2v) is 3.52. The fraction of sp³-hybridized carbons (Fsp3) is 0.500. The van der Waals surface area contributed by atoms with E-state index in [9.17, 15) is 0 Å². The van der Waals surface area contributed by atoms with E-state index < -0.39 is 0 Å². The van der Waals surface area contributed by atoms with Crippen LogP contribution in [-0.4, -0.2) is 0 Å². The molecule has 74 valence electrons. The van der Waals surface area contributed by atoms with E-state index in [4.69, 9.17) is 11.6 Å². The zero-order valence-electron chi connectivity index (χ0n) is 8.65. The van der Waals surface area contributed by atoms with Crippen LogP contribution in [-0.2, 0) is 0 Å². The zero-order chi connectivity index (χ0) is 10.1. The SMILES string of the molecule is C=CC/C(=C\C=C(\Cl)CC)CCC. The fourth-order valence-electron chi connectivity index (χ4n) is 1.09. The third kappa shape index (κ3) is 6.65. The Morgan fingerprint density at radius 2 is 2.00 bits per heavy atom. The maximum Gasteiger partial charge on any atom is 0.0178 e. The number of rotatable bonds is 6. The zero-order valence-corrected chi connectivity index (χ0v) is 9.40. The maximum atomic E-state index is 5.90. The number of hydrogen-bond donors (Lipinski definition) is 0. The van der Waals surface area contributed by atoms with Crippen LogP contribution in [0.15, 0.2) is 35.4 Å². The third-order valence-corrected chi connectivity index (χ3v) is 2.21. The molecule has 0 aromatic heterocycles. The molecule has 0 N–H and O–H groups in total. The lowest BCUT2D eigenvalue weighted by Crippen LogP contribution is -1.80. The highest BCUT2D eigenvalue weighted by Gasteiger charge is 1.92. The molecule has 0 aliphatic heterocycles. The minimum atomic E-state index is 0.908. The molecule has 0 fully saturated rings. The van der Waals surface area contributed by atoms with Crippen LogP contribution in [0, 0.1) is 0 Å². The summed E-state index contributed by atoms with van der Waals surface area (Å²) in [6.45, 7) is 7.97. The van der Waals surface area contributed by atoms with Crippen LogP contribution in [0.2, 0.25) is 0 Å². The highest BCUT2D eigenvalue weighted by atomic mass is 35.5. The smallest absolute Gasteiger partial charge is 0.0178 e. The maximum absolute atomic E-state index is 5.90. The summed E-state index contributed by atoms with van der Waals surface area (Å²) in [5.74, 6) is 0. The van der Waals surface area contributed by atoms with Crippen molar-refractivity contribution in [2.75, 3.05) is 0 Å². The van der Waals surface area contributed by atoms with Crippen molar-refractivity contribution in [3.63, 3.8) is 0 Å². The van der Waals surface area contributed by atoms with Gasteiger partial charge in [-0.25, -0.2) is 0 Å². The fourth-order valence-corrected chi connectivity index (χ4v) is 1.15. The van der Waals surface area contributed by atoms with Crippen molar-refractivity contribution < 1.29 is 0 Å². The van der Waals surface area contributed by atoms with Gasteiger partial charge in [0, 0.05) is 5.03 Å². The second kappa shape index (κ2) is 8.12. The number of halogens is 1. The first-order valence-electron chi connectivity index (χ1n) is 4.89. The topological polar surface area (TPSA) is 0 Å². The van der Waals surface area contributed by atoms with Crippen molar-refractivity contribution in [2.45, 2.75) is 39.5 Å². The quantitative estimate of drug-likeness (QED) is 0.424. The minimum Gasteiger partial charge on any atom is -0.103 e. The molecule has 0 spiro atoms. The number of allylic oxidation sites excluding steroid dienone is 5. The van der Waals surface area contributed by atoms with Gasteiger partial charge in [-0.05, 0) is 25.3 Å². The van der Waals surface area contributed by atoms with Gasteiger partial charge in [-0.1, -0.05) is 49.6 Å². The first kappa shape index (κ1) is 12.5. The van der Waals surface area contributed by atoms with E-state index in [0.29, 0.717) is 0 Å². The van der Waals surface area contributed by atoms with Crippen molar-refractivity contribution in [3.05, 3.63) is 35.4 Å². The molecule has 0 aromatic carbocycles. The van der Waals surface area contributed by atoms with Gasteiger partial charge in [-0.15, -0.1) is 6.58 Å². The van der Waals surface area contributed by atoms with Crippen molar-refractivity contribution in [2.24, 2.45) is 0 Å². The first-order chi connectivity index (χ1) is 6.24. The molecule has 0 aliphatic rings. The van der Waals surface area contributed by atoms with Gasteiger partial charge in [0.15, 0.2) is 0 Å². The van der Waals surface area contributed by atoms with E-state index in [1.54, 1.807) is 0 Å². The van der Waals surface area contributed by atoms with Crippen LogP contribution in [0.4, 0.5) is 0 Å². The largest absolute Gasteiger partial charge is 0.103 e. The molecule has 0 aliphatic carbocycles. The molecule has 0 amide bonds. The van der Waals surface area contributed by atoms with Crippen molar-refractivity contribution in [3.8, 4) is 0 Å². The van der Waals surface area contributed by atoms with Crippen LogP contribution in [0.5, 0.6) is 0 Å². The Bertz CT molecular complexity index is 199. The lowest BCUT2D eigenvalue weighted by Gasteiger charge is -2.00. The normalized spacial score (nSPS) is 13.2. The predicted molar refractivity (Wildman–Crippen MR) is 62.0 cm³/mol. The van der Waals surface area contributed by atoms with Crippen LogP contribution in [0.1, 0.15) is 39.5 Å². The third-order valence-electron chi connectivity index (χ3n) is 1.82. The van der Waals surface area contributed by atoms with Gasteiger partial charge in [-0.3, -0.25) is 0 Å². The first-order valence-corrected chi connectivity index (χ1v) is 5.27. The Hall–Kier alpha value is -0.490. The van der Waals surface area contributed by atoms with Crippen LogP contribution in [0.25, 0.3) is 0 Å². The van der Waals surface area contributed by atoms with Crippen LogP contribution in [0.3, 0.4) is 0 Å². The van der Waals surface area contributed by atoms with Gasteiger partial charge in [0.1, 0.15) is 0 Å². The van der Waals surface area contributed by atoms with E-state index in [0.717, 1.165) is 24.3 Å². The molecule has 13 heavy (non-hydrogen) atoms. The van der Waals surface area contributed by atoms with Gasteiger partial charge < -0.3 is 0 Å². The Kier molecular flexibility index (Phi) is 7.82. The highest BCUT2D eigenvalue weighted by molar-refractivity contribution is 6.29. The molecule has 1 heteroatoms. The average Bonchev–Trinajstić information content (AvgIpc) is 2.14. The molecule has 0 bridgehead atoms. The summed E-state index contributed by atoms with van der Waals surface area (Å²) in [7, 11) is 0. The van der Waals surface area contributed by atoms with E-state index in [2.05, 4.69) is 26.5 Å². The van der Waals surface area contributed by atoms with Gasteiger partial charge in [0.25, 0.3) is 0 Å². The van der Waals surface area contributed by atoms with Gasteiger partial charge in [0.2, 0.25) is 0 Å².